The van der Waals surface area contributed by atoms with Crippen molar-refractivity contribution in [2.45, 2.75) is 0 Å². The summed E-state index contributed by atoms with van der Waals surface area (Å²) in [4.78, 5) is 24.6. The molecule has 0 aliphatic heterocycles. The zero-order valence-electron chi connectivity index (χ0n) is 12.5. The van der Waals surface area contributed by atoms with Crippen molar-refractivity contribution in [3.8, 4) is 0 Å². The molecule has 3 aromatic carbocycles. The van der Waals surface area contributed by atoms with Gasteiger partial charge in [-0.15, -0.1) is 0 Å². The fraction of sp³-hybridized carbons (Fsp3) is 0. The van der Waals surface area contributed by atoms with Gasteiger partial charge in [0, 0.05) is 11.1 Å². The van der Waals surface area contributed by atoms with Crippen LogP contribution in [0.15, 0.2) is 72.8 Å². The Morgan fingerprint density at radius 2 is 0.875 bits per heavy atom. The molecule has 4 heteroatoms. The van der Waals surface area contributed by atoms with Gasteiger partial charge in [0.15, 0.2) is 11.6 Å². The van der Waals surface area contributed by atoms with Crippen LogP contribution >= 0.6 is 0 Å². The van der Waals surface area contributed by atoms with Gasteiger partial charge in [-0.2, -0.15) is 0 Å². The molecule has 0 saturated heterocycles. The molecule has 118 valence electrons. The molecule has 0 fully saturated rings. The summed E-state index contributed by atoms with van der Waals surface area (Å²) in [6.07, 6.45) is 0. The number of ketones is 2. The second-order valence-corrected chi connectivity index (χ2v) is 5.20. The summed E-state index contributed by atoms with van der Waals surface area (Å²) < 4.78 is 27.4. The second kappa shape index (κ2) is 6.54. The third-order valence-electron chi connectivity index (χ3n) is 3.65. The van der Waals surface area contributed by atoms with Crippen molar-refractivity contribution in [1.82, 2.24) is 0 Å². The maximum absolute atomic E-state index is 13.7. The molecular formula is C20H12F2O2. The fourth-order valence-electron chi connectivity index (χ4n) is 2.37. The lowest BCUT2D eigenvalue weighted by molar-refractivity contribution is 0.102. The Kier molecular flexibility index (Phi) is 4.29. The van der Waals surface area contributed by atoms with Gasteiger partial charge in [-0.3, -0.25) is 9.59 Å². The van der Waals surface area contributed by atoms with Gasteiger partial charge in [0.05, 0.1) is 11.1 Å². The van der Waals surface area contributed by atoms with Crippen LogP contribution in [0.4, 0.5) is 8.78 Å². The topological polar surface area (TPSA) is 34.1 Å². The van der Waals surface area contributed by atoms with E-state index in [9.17, 15) is 18.4 Å². The average molecular weight is 322 g/mol. The molecule has 0 atom stereocenters. The minimum Gasteiger partial charge on any atom is -0.288 e. The van der Waals surface area contributed by atoms with E-state index < -0.39 is 23.2 Å². The SMILES string of the molecule is O=C(c1ccc(C(=O)c2ccccc2F)cc1)c1ccccc1F. The highest BCUT2D eigenvalue weighted by atomic mass is 19.1. The van der Waals surface area contributed by atoms with Crippen LogP contribution in [0.2, 0.25) is 0 Å². The Hall–Kier alpha value is -3.14. The summed E-state index contributed by atoms with van der Waals surface area (Å²) in [5.41, 5.74) is 0.437. The van der Waals surface area contributed by atoms with Crippen LogP contribution in [-0.4, -0.2) is 11.6 Å². The van der Waals surface area contributed by atoms with E-state index in [1.165, 1.54) is 60.7 Å². The van der Waals surface area contributed by atoms with Gasteiger partial charge in [-0.1, -0.05) is 48.5 Å². The number of halogens is 2. The van der Waals surface area contributed by atoms with Gasteiger partial charge in [-0.05, 0) is 24.3 Å². The Labute approximate surface area is 137 Å². The lowest BCUT2D eigenvalue weighted by Gasteiger charge is -2.05. The Balaban J connectivity index is 1.89. The van der Waals surface area contributed by atoms with E-state index in [0.29, 0.717) is 0 Å². The molecule has 0 N–H and O–H groups in total. The first-order valence-corrected chi connectivity index (χ1v) is 7.26. The molecule has 0 spiro atoms. The van der Waals surface area contributed by atoms with Crippen molar-refractivity contribution in [2.75, 3.05) is 0 Å². The second-order valence-electron chi connectivity index (χ2n) is 5.20. The van der Waals surface area contributed by atoms with E-state index in [2.05, 4.69) is 0 Å². The van der Waals surface area contributed by atoms with Crippen LogP contribution in [0, 0.1) is 11.6 Å². The largest absolute Gasteiger partial charge is 0.288 e. The van der Waals surface area contributed by atoms with E-state index >= 15 is 0 Å². The molecule has 0 bridgehead atoms. The molecule has 0 heterocycles. The van der Waals surface area contributed by atoms with Gasteiger partial charge >= 0.3 is 0 Å². The monoisotopic (exact) mass is 322 g/mol. The lowest BCUT2D eigenvalue weighted by atomic mass is 9.98. The Bertz CT molecular complexity index is 838. The molecule has 0 radical (unpaired) electrons. The molecule has 0 aliphatic carbocycles. The minimum atomic E-state index is -0.603. The third-order valence-corrected chi connectivity index (χ3v) is 3.65. The molecule has 0 aliphatic rings. The first kappa shape index (κ1) is 15.7. The predicted octanol–water partition coefficient (Wildman–Crippen LogP) is 4.43. The van der Waals surface area contributed by atoms with E-state index in [1.807, 2.05) is 0 Å². The molecule has 0 amide bonds. The Morgan fingerprint density at radius 1 is 0.542 bits per heavy atom. The molecule has 0 saturated carbocycles. The molecule has 3 rings (SSSR count). The lowest BCUT2D eigenvalue weighted by Crippen LogP contribution is -2.07. The summed E-state index contributed by atoms with van der Waals surface area (Å²) in [5, 5.41) is 0. The molecule has 0 unspecified atom stereocenters. The van der Waals surface area contributed by atoms with Crippen molar-refractivity contribution in [1.29, 1.82) is 0 Å². The number of carbonyl (C=O) groups excluding carboxylic acids is 2. The van der Waals surface area contributed by atoms with E-state index in [0.717, 1.165) is 0 Å². The Morgan fingerprint density at radius 3 is 1.21 bits per heavy atom. The van der Waals surface area contributed by atoms with Crippen LogP contribution in [-0.2, 0) is 0 Å². The quantitative estimate of drug-likeness (QED) is 0.666. The summed E-state index contributed by atoms with van der Waals surface area (Å²) in [6, 6.07) is 17.1. The summed E-state index contributed by atoms with van der Waals surface area (Å²) in [5.74, 6) is -2.15. The third kappa shape index (κ3) is 2.99. The maximum Gasteiger partial charge on any atom is 0.195 e. The van der Waals surface area contributed by atoms with Crippen LogP contribution < -0.4 is 0 Å². The van der Waals surface area contributed by atoms with Gasteiger partial charge in [-0.25, -0.2) is 8.78 Å². The van der Waals surface area contributed by atoms with Crippen LogP contribution in [0.25, 0.3) is 0 Å². The highest BCUT2D eigenvalue weighted by Crippen LogP contribution is 2.17. The molecule has 2 nitrogen and oxygen atoms in total. The first-order valence-electron chi connectivity index (χ1n) is 7.26. The van der Waals surface area contributed by atoms with Gasteiger partial charge in [0.2, 0.25) is 0 Å². The number of carbonyl (C=O) groups is 2. The smallest absolute Gasteiger partial charge is 0.195 e. The van der Waals surface area contributed by atoms with Gasteiger partial charge in [0.25, 0.3) is 0 Å². The summed E-state index contributed by atoms with van der Waals surface area (Å²) >= 11 is 0. The molecular weight excluding hydrogens is 310 g/mol. The van der Waals surface area contributed by atoms with Crippen LogP contribution in [0.3, 0.4) is 0 Å². The number of benzene rings is 3. The average Bonchev–Trinajstić information content (AvgIpc) is 2.61. The minimum absolute atomic E-state index is 0.0364. The first-order chi connectivity index (χ1) is 11.6. The molecule has 0 aromatic heterocycles. The number of hydrogen-bond acceptors (Lipinski definition) is 2. The number of rotatable bonds is 4. The normalized spacial score (nSPS) is 10.4. The predicted molar refractivity (Wildman–Crippen MR) is 86.1 cm³/mol. The molecule has 24 heavy (non-hydrogen) atoms. The van der Waals surface area contributed by atoms with Crippen molar-refractivity contribution in [3.05, 3.63) is 107 Å². The van der Waals surface area contributed by atoms with Crippen molar-refractivity contribution in [2.24, 2.45) is 0 Å². The van der Waals surface area contributed by atoms with Crippen molar-refractivity contribution in [3.63, 3.8) is 0 Å². The maximum atomic E-state index is 13.7. The highest BCUT2D eigenvalue weighted by molar-refractivity contribution is 6.11. The molecule has 3 aromatic rings. The van der Waals surface area contributed by atoms with E-state index in [4.69, 9.17) is 0 Å². The van der Waals surface area contributed by atoms with Crippen LogP contribution in [0.1, 0.15) is 31.8 Å². The van der Waals surface area contributed by atoms with Gasteiger partial charge in [0.1, 0.15) is 11.6 Å². The fourth-order valence-corrected chi connectivity index (χ4v) is 2.37. The van der Waals surface area contributed by atoms with Crippen molar-refractivity contribution >= 4 is 11.6 Å². The van der Waals surface area contributed by atoms with E-state index in [-0.39, 0.29) is 22.3 Å². The zero-order valence-corrected chi connectivity index (χ0v) is 12.5. The highest BCUT2D eigenvalue weighted by Gasteiger charge is 2.16. The summed E-state index contributed by atoms with van der Waals surface area (Å²) in [6.45, 7) is 0. The standard InChI is InChI=1S/C20H12F2O2/c21-17-7-3-1-5-15(17)19(23)13-9-11-14(12-10-13)20(24)16-6-2-4-8-18(16)22/h1-12H. The number of hydrogen-bond donors (Lipinski definition) is 0. The zero-order chi connectivity index (χ0) is 17.1. The van der Waals surface area contributed by atoms with E-state index in [1.54, 1.807) is 12.1 Å². The van der Waals surface area contributed by atoms with Crippen LogP contribution in [0.5, 0.6) is 0 Å². The van der Waals surface area contributed by atoms with Crippen molar-refractivity contribution < 1.29 is 18.4 Å². The summed E-state index contributed by atoms with van der Waals surface area (Å²) in [7, 11) is 0. The van der Waals surface area contributed by atoms with Gasteiger partial charge < -0.3 is 0 Å².